The van der Waals surface area contributed by atoms with E-state index in [2.05, 4.69) is 15.3 Å². The van der Waals surface area contributed by atoms with E-state index in [0.717, 1.165) is 5.56 Å². The highest BCUT2D eigenvalue weighted by Crippen LogP contribution is 2.25. The Hall–Kier alpha value is -2.93. The first kappa shape index (κ1) is 18.8. The number of aromatic nitrogens is 3. The van der Waals surface area contributed by atoms with Crippen LogP contribution < -0.4 is 10.9 Å². The topological polar surface area (TPSA) is 97.1 Å². The van der Waals surface area contributed by atoms with Crippen LogP contribution in [0, 0.1) is 0 Å². The molecule has 0 saturated heterocycles. The van der Waals surface area contributed by atoms with E-state index in [4.69, 9.17) is 16.7 Å². The first-order chi connectivity index (χ1) is 13.0. The summed E-state index contributed by atoms with van der Waals surface area (Å²) in [7, 11) is 0. The summed E-state index contributed by atoms with van der Waals surface area (Å²) in [5, 5.41) is 11.9. The highest BCUT2D eigenvalue weighted by molar-refractivity contribution is 6.29. The normalized spacial score (nSPS) is 12.1. The first-order valence-corrected chi connectivity index (χ1v) is 8.98. The van der Waals surface area contributed by atoms with Crippen molar-refractivity contribution in [1.29, 1.82) is 0 Å². The van der Waals surface area contributed by atoms with Gasteiger partial charge in [-0.3, -0.25) is 14.2 Å². The Balaban J connectivity index is 2.18. The minimum Gasteiger partial charge on any atom is -0.481 e. The van der Waals surface area contributed by atoms with Crippen molar-refractivity contribution in [3.8, 4) is 0 Å². The van der Waals surface area contributed by atoms with Gasteiger partial charge in [0.1, 0.15) is 10.7 Å². The van der Waals surface area contributed by atoms with Crippen molar-refractivity contribution in [1.82, 2.24) is 14.5 Å². The summed E-state index contributed by atoms with van der Waals surface area (Å²) in [6.07, 6.45) is 0.541. The molecule has 2 aromatic heterocycles. The maximum atomic E-state index is 13.2. The Morgan fingerprint density at radius 2 is 1.96 bits per heavy atom. The van der Waals surface area contributed by atoms with Gasteiger partial charge in [-0.25, -0.2) is 9.97 Å². The molecule has 1 aromatic carbocycles. The molecule has 1 atom stereocenters. The van der Waals surface area contributed by atoms with Crippen molar-refractivity contribution in [2.75, 3.05) is 11.9 Å². The fraction of sp³-hybridized carbons (Fsp3) is 0.263. The Morgan fingerprint density at radius 1 is 1.22 bits per heavy atom. The third-order valence-corrected chi connectivity index (χ3v) is 4.43. The molecule has 3 aromatic rings. The van der Waals surface area contributed by atoms with Crippen LogP contribution in [0.25, 0.3) is 11.2 Å². The van der Waals surface area contributed by atoms with Crippen LogP contribution in [-0.2, 0) is 4.79 Å². The molecule has 0 unspecified atom stereocenters. The van der Waals surface area contributed by atoms with Crippen LogP contribution in [0.1, 0.15) is 31.4 Å². The van der Waals surface area contributed by atoms with E-state index >= 15 is 0 Å². The number of nitrogens with one attached hydrogen (secondary N) is 1. The lowest BCUT2D eigenvalue weighted by Crippen LogP contribution is -2.30. The highest BCUT2D eigenvalue weighted by atomic mass is 35.5. The van der Waals surface area contributed by atoms with E-state index in [1.807, 2.05) is 37.3 Å². The van der Waals surface area contributed by atoms with Crippen LogP contribution in [-0.4, -0.2) is 32.2 Å². The summed E-state index contributed by atoms with van der Waals surface area (Å²) in [6.45, 7) is 2.09. The Morgan fingerprint density at radius 3 is 2.63 bits per heavy atom. The lowest BCUT2D eigenvalue weighted by atomic mass is 10.0. The Labute approximate surface area is 160 Å². The minimum absolute atomic E-state index is 0.0993. The van der Waals surface area contributed by atoms with Gasteiger partial charge in [0.05, 0.1) is 12.5 Å². The van der Waals surface area contributed by atoms with Gasteiger partial charge >= 0.3 is 5.97 Å². The molecule has 0 spiro atoms. The molecule has 140 valence electrons. The number of anilines is 1. The number of carboxylic acids is 1. The zero-order valence-corrected chi connectivity index (χ0v) is 15.5. The molecule has 3 rings (SSSR count). The van der Waals surface area contributed by atoms with Crippen LogP contribution >= 0.6 is 11.6 Å². The molecule has 0 radical (unpaired) electrons. The van der Waals surface area contributed by atoms with E-state index < -0.39 is 5.97 Å². The summed E-state index contributed by atoms with van der Waals surface area (Å²) in [5.74, 6) is -0.852. The number of hydrogen-bond donors (Lipinski definition) is 2. The summed E-state index contributed by atoms with van der Waals surface area (Å²) in [5.41, 5.74) is 1.50. The number of pyridine rings is 1. The molecule has 0 aliphatic heterocycles. The van der Waals surface area contributed by atoms with Crippen molar-refractivity contribution in [3.63, 3.8) is 0 Å². The number of rotatable bonds is 7. The van der Waals surface area contributed by atoms with Gasteiger partial charge < -0.3 is 10.4 Å². The van der Waals surface area contributed by atoms with Crippen LogP contribution in [0.15, 0.2) is 47.3 Å². The zero-order valence-electron chi connectivity index (χ0n) is 14.7. The molecule has 0 aliphatic carbocycles. The number of aliphatic carboxylic acids is 1. The predicted molar refractivity (Wildman–Crippen MR) is 104 cm³/mol. The highest BCUT2D eigenvalue weighted by Gasteiger charge is 2.20. The van der Waals surface area contributed by atoms with Gasteiger partial charge in [0, 0.05) is 6.54 Å². The molecule has 2 N–H and O–H groups in total. The number of halogens is 1. The second kappa shape index (κ2) is 8.18. The second-order valence-corrected chi connectivity index (χ2v) is 6.40. The third-order valence-electron chi connectivity index (χ3n) is 4.22. The van der Waals surface area contributed by atoms with Crippen LogP contribution in [0.4, 0.5) is 5.82 Å². The van der Waals surface area contributed by atoms with Crippen molar-refractivity contribution in [2.24, 2.45) is 0 Å². The number of hydrogen-bond acceptors (Lipinski definition) is 5. The molecule has 2 heterocycles. The van der Waals surface area contributed by atoms with E-state index in [1.165, 1.54) is 0 Å². The molecule has 8 heteroatoms. The summed E-state index contributed by atoms with van der Waals surface area (Å²) in [4.78, 5) is 32.6. The molecule has 27 heavy (non-hydrogen) atoms. The van der Waals surface area contributed by atoms with Gasteiger partial charge in [-0.15, -0.1) is 0 Å². The number of carbonyl (C=O) groups is 1. The van der Waals surface area contributed by atoms with Crippen LogP contribution in [0.5, 0.6) is 0 Å². The molecule has 0 bridgehead atoms. The average molecular weight is 387 g/mol. The van der Waals surface area contributed by atoms with Crippen molar-refractivity contribution < 1.29 is 9.90 Å². The fourth-order valence-corrected chi connectivity index (χ4v) is 3.14. The Kier molecular flexibility index (Phi) is 5.71. The molecule has 0 saturated carbocycles. The van der Waals surface area contributed by atoms with Gasteiger partial charge in [0.2, 0.25) is 0 Å². The van der Waals surface area contributed by atoms with Crippen LogP contribution in [0.2, 0.25) is 5.15 Å². The van der Waals surface area contributed by atoms with E-state index in [1.54, 1.807) is 16.7 Å². The predicted octanol–water partition coefficient (Wildman–Crippen LogP) is 3.33. The van der Waals surface area contributed by atoms with Gasteiger partial charge in [-0.2, -0.15) is 0 Å². The quantitative estimate of drug-likeness (QED) is 0.604. The summed E-state index contributed by atoms with van der Waals surface area (Å²) in [6, 6.07) is 12.7. The standard InChI is InChI=1S/C19H19ClN4O3/c1-2-14(12-6-4-3-5-7-12)24-18-13(8-9-15(20)23-18)22-17(19(24)27)21-11-10-16(25)26/h3-9,14H,2,10-11H2,1H3,(H,21,22)(H,25,26)/t14-/m0/s1. The van der Waals surface area contributed by atoms with E-state index in [-0.39, 0.29) is 35.5 Å². The van der Waals surface area contributed by atoms with E-state index in [9.17, 15) is 9.59 Å². The maximum Gasteiger partial charge on any atom is 0.305 e. The number of benzene rings is 1. The summed E-state index contributed by atoms with van der Waals surface area (Å²) >= 11 is 6.06. The van der Waals surface area contributed by atoms with Crippen molar-refractivity contribution in [2.45, 2.75) is 25.8 Å². The smallest absolute Gasteiger partial charge is 0.305 e. The molecule has 0 aliphatic rings. The molecule has 0 fully saturated rings. The monoisotopic (exact) mass is 386 g/mol. The minimum atomic E-state index is -0.951. The number of fused-ring (bicyclic) bond motifs is 1. The third kappa shape index (κ3) is 4.09. The largest absolute Gasteiger partial charge is 0.481 e. The van der Waals surface area contributed by atoms with Crippen molar-refractivity contribution >= 4 is 34.6 Å². The van der Waals surface area contributed by atoms with Gasteiger partial charge in [0.25, 0.3) is 5.56 Å². The molecular formula is C19H19ClN4O3. The van der Waals surface area contributed by atoms with Gasteiger partial charge in [0.15, 0.2) is 11.5 Å². The number of carboxylic acid groups (broad SMARTS) is 1. The SMILES string of the molecule is CC[C@@H](c1ccccc1)n1c(=O)c(NCCC(=O)O)nc2ccc(Cl)nc21. The summed E-state index contributed by atoms with van der Waals surface area (Å²) < 4.78 is 1.58. The van der Waals surface area contributed by atoms with E-state index in [0.29, 0.717) is 17.6 Å². The number of nitrogens with zero attached hydrogens (tertiary/aromatic N) is 3. The molecular weight excluding hydrogens is 368 g/mol. The molecule has 7 nitrogen and oxygen atoms in total. The van der Waals surface area contributed by atoms with Crippen LogP contribution in [0.3, 0.4) is 0 Å². The van der Waals surface area contributed by atoms with Gasteiger partial charge in [-0.1, -0.05) is 48.9 Å². The zero-order chi connectivity index (χ0) is 19.4. The second-order valence-electron chi connectivity index (χ2n) is 6.02. The lowest BCUT2D eigenvalue weighted by molar-refractivity contribution is -0.136. The van der Waals surface area contributed by atoms with Crippen molar-refractivity contribution in [3.05, 3.63) is 63.5 Å². The molecule has 0 amide bonds. The van der Waals surface area contributed by atoms with Gasteiger partial charge in [-0.05, 0) is 24.1 Å². The fourth-order valence-electron chi connectivity index (χ4n) is 3.00. The lowest BCUT2D eigenvalue weighted by Gasteiger charge is -2.21. The maximum absolute atomic E-state index is 13.2. The first-order valence-electron chi connectivity index (χ1n) is 8.60. The average Bonchev–Trinajstić information content (AvgIpc) is 2.65. The Bertz CT molecular complexity index is 1020.